The van der Waals surface area contributed by atoms with Gasteiger partial charge in [-0.3, -0.25) is 0 Å². The van der Waals surface area contributed by atoms with Crippen LogP contribution < -0.4 is 5.73 Å². The van der Waals surface area contributed by atoms with Gasteiger partial charge in [-0.15, -0.1) is 16.4 Å². The van der Waals surface area contributed by atoms with Crippen LogP contribution in [0, 0.1) is 6.92 Å². The number of hydrogen-bond donors (Lipinski definition) is 1. The summed E-state index contributed by atoms with van der Waals surface area (Å²) in [6.45, 7) is 2.61. The van der Waals surface area contributed by atoms with Gasteiger partial charge < -0.3 is 5.73 Å². The van der Waals surface area contributed by atoms with E-state index in [0.29, 0.717) is 12.4 Å². The molecule has 0 spiro atoms. The molecule has 2 rings (SSSR count). The van der Waals surface area contributed by atoms with Crippen molar-refractivity contribution in [3.05, 3.63) is 22.3 Å². The van der Waals surface area contributed by atoms with Crippen molar-refractivity contribution in [3.63, 3.8) is 0 Å². The molecule has 5 nitrogen and oxygen atoms in total. The Labute approximate surface area is 79.2 Å². The predicted molar refractivity (Wildman–Crippen MR) is 50.4 cm³/mol. The van der Waals surface area contributed by atoms with Gasteiger partial charge in [-0.1, -0.05) is 5.21 Å². The van der Waals surface area contributed by atoms with E-state index in [2.05, 4.69) is 15.3 Å². The topological polar surface area (TPSA) is 69.6 Å². The Kier molecular flexibility index (Phi) is 1.97. The number of hydrogen-bond acceptors (Lipinski definition) is 5. The molecule has 0 amide bonds. The summed E-state index contributed by atoms with van der Waals surface area (Å²) in [6.07, 6.45) is 1.69. The van der Waals surface area contributed by atoms with Crippen LogP contribution in [0.2, 0.25) is 0 Å². The molecule has 0 unspecified atom stereocenters. The van der Waals surface area contributed by atoms with Gasteiger partial charge in [0.1, 0.15) is 5.01 Å². The molecule has 2 aromatic rings. The predicted octanol–water partition coefficient (Wildman–Crippen LogP) is 0.674. The molecule has 0 atom stereocenters. The van der Waals surface area contributed by atoms with E-state index in [1.54, 1.807) is 22.2 Å². The zero-order valence-electron chi connectivity index (χ0n) is 7.14. The molecular formula is C7H9N5S. The number of aromatic nitrogens is 4. The van der Waals surface area contributed by atoms with Crippen molar-refractivity contribution in [2.45, 2.75) is 13.5 Å². The van der Waals surface area contributed by atoms with Crippen LogP contribution >= 0.6 is 11.3 Å². The van der Waals surface area contributed by atoms with E-state index in [-0.39, 0.29) is 0 Å². The largest absolute Gasteiger partial charge is 0.381 e. The Balaban J connectivity index is 2.14. The van der Waals surface area contributed by atoms with Crippen LogP contribution in [0.3, 0.4) is 0 Å². The van der Waals surface area contributed by atoms with E-state index in [0.717, 1.165) is 10.7 Å². The molecule has 0 saturated carbocycles. The lowest BCUT2D eigenvalue weighted by atomic mass is 10.6. The van der Waals surface area contributed by atoms with Crippen molar-refractivity contribution >= 4 is 17.2 Å². The van der Waals surface area contributed by atoms with Gasteiger partial charge in [0.15, 0.2) is 5.82 Å². The van der Waals surface area contributed by atoms with E-state index < -0.39 is 0 Å². The lowest BCUT2D eigenvalue weighted by Gasteiger charge is -1.93. The van der Waals surface area contributed by atoms with Gasteiger partial charge in [-0.05, 0) is 6.92 Å². The Morgan fingerprint density at radius 1 is 1.62 bits per heavy atom. The van der Waals surface area contributed by atoms with Gasteiger partial charge in [0.25, 0.3) is 0 Å². The summed E-state index contributed by atoms with van der Waals surface area (Å²) in [6, 6.07) is 0. The van der Waals surface area contributed by atoms with Crippen LogP contribution in [0.4, 0.5) is 5.82 Å². The molecule has 0 radical (unpaired) electrons. The van der Waals surface area contributed by atoms with Gasteiger partial charge in [-0.2, -0.15) is 0 Å². The van der Waals surface area contributed by atoms with Crippen LogP contribution in [-0.4, -0.2) is 20.0 Å². The standard InChI is InChI=1S/C7H9N5S/c1-5-4-13-7(9-5)3-12-2-6(8)10-11-12/h2,4H,3,8H2,1H3. The quantitative estimate of drug-likeness (QED) is 0.764. The number of nitrogens with zero attached hydrogens (tertiary/aromatic N) is 4. The van der Waals surface area contributed by atoms with Crippen molar-refractivity contribution in [1.82, 2.24) is 20.0 Å². The highest BCUT2D eigenvalue weighted by Crippen LogP contribution is 2.09. The number of aryl methyl sites for hydroxylation is 1. The van der Waals surface area contributed by atoms with Crippen LogP contribution in [0.25, 0.3) is 0 Å². The molecule has 6 heteroatoms. The Morgan fingerprint density at radius 2 is 2.46 bits per heavy atom. The summed E-state index contributed by atoms with van der Waals surface area (Å²) in [5, 5.41) is 10.5. The lowest BCUT2D eigenvalue weighted by Crippen LogP contribution is -1.99. The molecule has 2 heterocycles. The van der Waals surface area contributed by atoms with E-state index >= 15 is 0 Å². The summed E-state index contributed by atoms with van der Waals surface area (Å²) >= 11 is 1.61. The molecule has 0 bridgehead atoms. The minimum absolute atomic E-state index is 0.438. The van der Waals surface area contributed by atoms with Crippen molar-refractivity contribution in [2.24, 2.45) is 0 Å². The number of anilines is 1. The summed E-state index contributed by atoms with van der Waals surface area (Å²) < 4.78 is 1.67. The maximum Gasteiger partial charge on any atom is 0.165 e. The Bertz CT molecular complexity index is 366. The van der Waals surface area contributed by atoms with Crippen LogP contribution in [0.15, 0.2) is 11.6 Å². The molecule has 0 fully saturated rings. The third-order valence-electron chi connectivity index (χ3n) is 1.52. The third-order valence-corrected chi connectivity index (χ3v) is 2.47. The smallest absolute Gasteiger partial charge is 0.165 e. The maximum absolute atomic E-state index is 5.43. The maximum atomic E-state index is 5.43. The number of nitrogen functional groups attached to an aromatic ring is 1. The van der Waals surface area contributed by atoms with Crippen molar-refractivity contribution < 1.29 is 0 Å². The lowest BCUT2D eigenvalue weighted by molar-refractivity contribution is 0.646. The summed E-state index contributed by atoms with van der Waals surface area (Å²) in [4.78, 5) is 4.30. The van der Waals surface area contributed by atoms with Crippen molar-refractivity contribution in [2.75, 3.05) is 5.73 Å². The Morgan fingerprint density at radius 3 is 3.00 bits per heavy atom. The summed E-state index contributed by atoms with van der Waals surface area (Å²) in [7, 11) is 0. The van der Waals surface area contributed by atoms with E-state index in [4.69, 9.17) is 5.73 Å². The van der Waals surface area contributed by atoms with Crippen molar-refractivity contribution in [1.29, 1.82) is 0 Å². The zero-order chi connectivity index (χ0) is 9.26. The Hall–Kier alpha value is -1.43. The molecule has 0 saturated heterocycles. The van der Waals surface area contributed by atoms with E-state index in [9.17, 15) is 0 Å². The zero-order valence-corrected chi connectivity index (χ0v) is 7.95. The first-order valence-electron chi connectivity index (χ1n) is 3.80. The first-order valence-corrected chi connectivity index (χ1v) is 4.68. The van der Waals surface area contributed by atoms with Crippen molar-refractivity contribution in [3.8, 4) is 0 Å². The number of nitrogens with two attached hydrogens (primary N) is 1. The normalized spacial score (nSPS) is 10.5. The van der Waals surface area contributed by atoms with Crippen LogP contribution in [-0.2, 0) is 6.54 Å². The van der Waals surface area contributed by atoms with Gasteiger partial charge in [0.2, 0.25) is 0 Å². The molecule has 2 aromatic heterocycles. The summed E-state index contributed by atoms with van der Waals surface area (Å²) in [5.41, 5.74) is 6.46. The molecule has 0 aliphatic rings. The summed E-state index contributed by atoms with van der Waals surface area (Å²) in [5.74, 6) is 0.438. The number of rotatable bonds is 2. The van der Waals surface area contributed by atoms with E-state index in [1.165, 1.54) is 0 Å². The second-order valence-corrected chi connectivity index (χ2v) is 3.67. The monoisotopic (exact) mass is 195 g/mol. The fraction of sp³-hybridized carbons (Fsp3) is 0.286. The highest BCUT2D eigenvalue weighted by molar-refractivity contribution is 7.09. The van der Waals surface area contributed by atoms with Gasteiger partial charge in [-0.25, -0.2) is 9.67 Å². The fourth-order valence-corrected chi connectivity index (χ4v) is 1.77. The van der Waals surface area contributed by atoms with Gasteiger partial charge in [0, 0.05) is 11.1 Å². The first-order chi connectivity index (χ1) is 6.24. The highest BCUT2D eigenvalue weighted by Gasteiger charge is 2.01. The molecule has 0 aromatic carbocycles. The third kappa shape index (κ3) is 1.83. The second kappa shape index (κ2) is 3.14. The van der Waals surface area contributed by atoms with E-state index in [1.807, 2.05) is 12.3 Å². The van der Waals surface area contributed by atoms with Crippen LogP contribution in [0.1, 0.15) is 10.7 Å². The molecule has 13 heavy (non-hydrogen) atoms. The van der Waals surface area contributed by atoms with Gasteiger partial charge >= 0.3 is 0 Å². The average Bonchev–Trinajstić information content (AvgIpc) is 2.62. The molecule has 68 valence electrons. The number of thiazole rings is 1. The highest BCUT2D eigenvalue weighted by atomic mass is 32.1. The minimum Gasteiger partial charge on any atom is -0.381 e. The molecule has 0 aliphatic carbocycles. The second-order valence-electron chi connectivity index (χ2n) is 2.72. The SMILES string of the molecule is Cc1csc(Cn2cc(N)nn2)n1. The molecule has 2 N–H and O–H groups in total. The average molecular weight is 195 g/mol. The minimum atomic E-state index is 0.438. The fourth-order valence-electron chi connectivity index (χ4n) is 1.00. The molecule has 0 aliphatic heterocycles. The molecular weight excluding hydrogens is 186 g/mol. The van der Waals surface area contributed by atoms with Crippen LogP contribution in [0.5, 0.6) is 0 Å². The van der Waals surface area contributed by atoms with Gasteiger partial charge in [0.05, 0.1) is 12.7 Å². The first kappa shape index (κ1) is 8.18.